The van der Waals surface area contributed by atoms with Gasteiger partial charge in [-0.15, -0.1) is 0 Å². The third-order valence-corrected chi connectivity index (χ3v) is 3.04. The fourth-order valence-electron chi connectivity index (χ4n) is 2.16. The van der Waals surface area contributed by atoms with Gasteiger partial charge in [-0.2, -0.15) is 5.26 Å². The lowest BCUT2D eigenvalue weighted by Gasteiger charge is -2.26. The van der Waals surface area contributed by atoms with E-state index in [2.05, 4.69) is 6.07 Å². The summed E-state index contributed by atoms with van der Waals surface area (Å²) in [5.74, 6) is 0.501. The van der Waals surface area contributed by atoms with E-state index in [1.165, 1.54) is 0 Å². The van der Waals surface area contributed by atoms with Crippen LogP contribution in [0.3, 0.4) is 0 Å². The first-order valence-electron chi connectivity index (χ1n) is 5.44. The predicted octanol–water partition coefficient (Wildman–Crippen LogP) is 2.72. The van der Waals surface area contributed by atoms with Crippen LogP contribution in [0.25, 0.3) is 0 Å². The van der Waals surface area contributed by atoms with E-state index < -0.39 is 0 Å². The maximum Gasteiger partial charge on any atom is 0.0742 e. The first kappa shape index (κ1) is 10.2. The van der Waals surface area contributed by atoms with Gasteiger partial charge >= 0.3 is 0 Å². The van der Waals surface area contributed by atoms with E-state index in [4.69, 9.17) is 4.74 Å². The van der Waals surface area contributed by atoms with Gasteiger partial charge in [-0.3, -0.25) is 0 Å². The molecule has 78 valence electrons. The van der Waals surface area contributed by atoms with Crippen molar-refractivity contribution in [2.75, 3.05) is 13.2 Å². The minimum Gasteiger partial charge on any atom is -0.381 e. The number of nitriles is 1. The molecule has 2 nitrogen and oxygen atoms in total. The van der Waals surface area contributed by atoms with E-state index >= 15 is 0 Å². The van der Waals surface area contributed by atoms with Crippen molar-refractivity contribution in [3.8, 4) is 6.07 Å². The molecule has 0 aliphatic carbocycles. The van der Waals surface area contributed by atoms with Crippen LogP contribution < -0.4 is 0 Å². The van der Waals surface area contributed by atoms with Crippen molar-refractivity contribution in [3.63, 3.8) is 0 Å². The second-order valence-corrected chi connectivity index (χ2v) is 3.97. The minimum absolute atomic E-state index is 0.0371. The van der Waals surface area contributed by atoms with Crippen LogP contribution in [-0.4, -0.2) is 13.2 Å². The standard InChI is InChI=1S/C13H15NO/c14-10-13(11-4-2-1-3-5-11)12-6-8-15-9-7-12/h1-5,12-13H,6-9H2/t13-/m0/s1. The summed E-state index contributed by atoms with van der Waals surface area (Å²) in [7, 11) is 0. The van der Waals surface area contributed by atoms with E-state index in [1.54, 1.807) is 0 Å². The molecule has 0 amide bonds. The monoisotopic (exact) mass is 201 g/mol. The fraction of sp³-hybridized carbons (Fsp3) is 0.462. The molecule has 1 aliphatic rings. The van der Waals surface area contributed by atoms with E-state index in [-0.39, 0.29) is 5.92 Å². The molecule has 0 spiro atoms. The van der Waals surface area contributed by atoms with Gasteiger partial charge in [0.05, 0.1) is 12.0 Å². The van der Waals surface area contributed by atoms with Crippen molar-refractivity contribution in [3.05, 3.63) is 35.9 Å². The van der Waals surface area contributed by atoms with Gasteiger partial charge in [-0.05, 0) is 24.3 Å². The van der Waals surface area contributed by atoms with E-state index in [9.17, 15) is 5.26 Å². The number of hydrogen-bond acceptors (Lipinski definition) is 2. The Morgan fingerprint density at radius 2 is 1.87 bits per heavy atom. The highest BCUT2D eigenvalue weighted by atomic mass is 16.5. The predicted molar refractivity (Wildman–Crippen MR) is 58.3 cm³/mol. The van der Waals surface area contributed by atoms with Gasteiger partial charge in [-0.25, -0.2) is 0 Å². The van der Waals surface area contributed by atoms with Gasteiger partial charge < -0.3 is 4.74 Å². The molecule has 0 N–H and O–H groups in total. The smallest absolute Gasteiger partial charge is 0.0742 e. The Kier molecular flexibility index (Phi) is 3.37. The molecule has 1 saturated heterocycles. The summed E-state index contributed by atoms with van der Waals surface area (Å²) in [6, 6.07) is 12.5. The normalized spacial score (nSPS) is 19.4. The molecule has 1 fully saturated rings. The van der Waals surface area contributed by atoms with Crippen LogP contribution in [0.15, 0.2) is 30.3 Å². The zero-order chi connectivity index (χ0) is 10.5. The van der Waals surface area contributed by atoms with Gasteiger partial charge in [-0.1, -0.05) is 30.3 Å². The topological polar surface area (TPSA) is 33.0 Å². The van der Waals surface area contributed by atoms with Gasteiger partial charge in [0.15, 0.2) is 0 Å². The number of nitrogens with zero attached hydrogens (tertiary/aromatic N) is 1. The lowest BCUT2D eigenvalue weighted by atomic mass is 9.82. The third-order valence-electron chi connectivity index (χ3n) is 3.04. The Hall–Kier alpha value is -1.33. The van der Waals surface area contributed by atoms with Gasteiger partial charge in [0, 0.05) is 13.2 Å². The zero-order valence-corrected chi connectivity index (χ0v) is 8.73. The van der Waals surface area contributed by atoms with Gasteiger partial charge in [0.2, 0.25) is 0 Å². The van der Waals surface area contributed by atoms with E-state index in [0.29, 0.717) is 5.92 Å². The Balaban J connectivity index is 2.14. The molecule has 0 radical (unpaired) electrons. The molecule has 1 heterocycles. The van der Waals surface area contributed by atoms with Crippen LogP contribution >= 0.6 is 0 Å². The van der Waals surface area contributed by atoms with Crippen molar-refractivity contribution in [1.82, 2.24) is 0 Å². The fourth-order valence-corrected chi connectivity index (χ4v) is 2.16. The molecule has 2 rings (SSSR count). The van der Waals surface area contributed by atoms with Crippen LogP contribution in [0, 0.1) is 17.2 Å². The molecule has 1 aromatic carbocycles. The Labute approximate surface area is 90.5 Å². The van der Waals surface area contributed by atoms with Crippen molar-refractivity contribution in [2.24, 2.45) is 5.92 Å². The summed E-state index contributed by atoms with van der Waals surface area (Å²) in [5, 5.41) is 9.24. The minimum atomic E-state index is 0.0371. The van der Waals surface area contributed by atoms with E-state index in [1.807, 2.05) is 30.3 Å². The molecule has 15 heavy (non-hydrogen) atoms. The largest absolute Gasteiger partial charge is 0.381 e. The highest BCUT2D eigenvalue weighted by Gasteiger charge is 2.24. The van der Waals surface area contributed by atoms with Crippen molar-refractivity contribution in [2.45, 2.75) is 18.8 Å². The molecule has 0 unspecified atom stereocenters. The molecule has 1 atom stereocenters. The maximum atomic E-state index is 9.24. The van der Waals surface area contributed by atoms with Crippen LogP contribution in [0.4, 0.5) is 0 Å². The summed E-state index contributed by atoms with van der Waals surface area (Å²) in [6.45, 7) is 1.60. The number of rotatable bonds is 2. The molecule has 0 saturated carbocycles. The molecular weight excluding hydrogens is 186 g/mol. The Morgan fingerprint density at radius 3 is 2.47 bits per heavy atom. The quantitative estimate of drug-likeness (QED) is 0.737. The SMILES string of the molecule is N#C[C@@H](c1ccccc1)C1CCOCC1. The van der Waals surface area contributed by atoms with Crippen LogP contribution in [0.5, 0.6) is 0 Å². The molecule has 0 aromatic heterocycles. The summed E-state index contributed by atoms with van der Waals surface area (Å²) in [5.41, 5.74) is 1.15. The second-order valence-electron chi connectivity index (χ2n) is 3.97. The first-order chi connectivity index (χ1) is 7.42. The van der Waals surface area contributed by atoms with E-state index in [0.717, 1.165) is 31.6 Å². The van der Waals surface area contributed by atoms with Crippen molar-refractivity contribution in [1.29, 1.82) is 5.26 Å². The number of ether oxygens (including phenoxy) is 1. The highest BCUT2D eigenvalue weighted by Crippen LogP contribution is 2.31. The summed E-state index contributed by atoms with van der Waals surface area (Å²) in [6.07, 6.45) is 2.01. The van der Waals surface area contributed by atoms with Gasteiger partial charge in [0.1, 0.15) is 0 Å². The van der Waals surface area contributed by atoms with Crippen molar-refractivity contribution >= 4 is 0 Å². The Bertz CT molecular complexity index is 335. The van der Waals surface area contributed by atoms with Gasteiger partial charge in [0.25, 0.3) is 0 Å². The molecule has 0 bridgehead atoms. The molecule has 2 heteroatoms. The summed E-state index contributed by atoms with van der Waals surface area (Å²) in [4.78, 5) is 0. The average Bonchev–Trinajstić information content (AvgIpc) is 2.33. The lowest BCUT2D eigenvalue weighted by Crippen LogP contribution is -2.21. The van der Waals surface area contributed by atoms with Crippen LogP contribution in [-0.2, 0) is 4.74 Å². The average molecular weight is 201 g/mol. The molecule has 1 aliphatic heterocycles. The third kappa shape index (κ3) is 2.37. The summed E-state index contributed by atoms with van der Waals surface area (Å²) >= 11 is 0. The van der Waals surface area contributed by atoms with Crippen LogP contribution in [0.2, 0.25) is 0 Å². The first-order valence-corrected chi connectivity index (χ1v) is 5.44. The lowest BCUT2D eigenvalue weighted by molar-refractivity contribution is 0.0629. The molecular formula is C13H15NO. The highest BCUT2D eigenvalue weighted by molar-refractivity contribution is 5.25. The maximum absolute atomic E-state index is 9.24. The Morgan fingerprint density at radius 1 is 1.20 bits per heavy atom. The number of benzene rings is 1. The molecule has 1 aromatic rings. The van der Waals surface area contributed by atoms with Crippen molar-refractivity contribution < 1.29 is 4.74 Å². The second kappa shape index (κ2) is 4.95. The van der Waals surface area contributed by atoms with Crippen LogP contribution in [0.1, 0.15) is 24.3 Å². The zero-order valence-electron chi connectivity index (χ0n) is 8.73. The number of hydrogen-bond donors (Lipinski definition) is 0. The summed E-state index contributed by atoms with van der Waals surface area (Å²) < 4.78 is 5.32.